The second kappa shape index (κ2) is 11.8. The van der Waals surface area contributed by atoms with E-state index in [1.54, 1.807) is 24.4 Å². The minimum atomic E-state index is -1.08. The van der Waals surface area contributed by atoms with Gasteiger partial charge in [-0.15, -0.1) is 0 Å². The predicted molar refractivity (Wildman–Crippen MR) is 155 cm³/mol. The smallest absolute Gasteiger partial charge is 0.219 e. The minimum Gasteiger partial charge on any atom is -0.436 e. The van der Waals surface area contributed by atoms with E-state index in [4.69, 9.17) is 4.74 Å². The van der Waals surface area contributed by atoms with Gasteiger partial charge in [-0.25, -0.2) is 9.37 Å². The number of pyridine rings is 1. The number of anilines is 1. The Kier molecular flexibility index (Phi) is 8.01. The predicted octanol–water partition coefficient (Wildman–Crippen LogP) is 8.31. The summed E-state index contributed by atoms with van der Waals surface area (Å²) in [5.74, 6) is -2.05. The molecule has 0 saturated heterocycles. The largest absolute Gasteiger partial charge is 0.436 e. The number of nitrogens with one attached hydrogen (secondary N) is 1. The second-order valence-electron chi connectivity index (χ2n) is 10.2. The van der Waals surface area contributed by atoms with Crippen molar-refractivity contribution < 1.29 is 18.3 Å². The fourth-order valence-electron chi connectivity index (χ4n) is 4.96. The summed E-state index contributed by atoms with van der Waals surface area (Å²) in [7, 11) is 0. The Bertz CT molecular complexity index is 1560. The number of benzene rings is 2. The Balaban J connectivity index is 1.36. The fourth-order valence-corrected chi connectivity index (χ4v) is 4.96. The van der Waals surface area contributed by atoms with Crippen molar-refractivity contribution in [3.8, 4) is 11.6 Å². The van der Waals surface area contributed by atoms with Crippen molar-refractivity contribution in [2.24, 2.45) is 16.8 Å². The highest BCUT2D eigenvalue weighted by atomic mass is 19.2. The molecule has 1 aromatic heterocycles. The van der Waals surface area contributed by atoms with Crippen molar-refractivity contribution in [3.63, 3.8) is 0 Å². The van der Waals surface area contributed by atoms with E-state index in [1.165, 1.54) is 18.3 Å². The molecule has 1 aliphatic heterocycles. The van der Waals surface area contributed by atoms with Crippen LogP contribution in [0.25, 0.3) is 5.57 Å². The zero-order chi connectivity index (χ0) is 28.2. The Hall–Kier alpha value is -4.39. The molecule has 1 atom stereocenters. The van der Waals surface area contributed by atoms with E-state index in [0.29, 0.717) is 24.3 Å². The molecule has 0 fully saturated rings. The molecule has 2 heterocycles. The number of rotatable bonds is 9. The van der Waals surface area contributed by atoms with E-state index in [0.717, 1.165) is 34.6 Å². The van der Waals surface area contributed by atoms with Crippen LogP contribution in [0.1, 0.15) is 55.1 Å². The molecule has 7 heteroatoms. The van der Waals surface area contributed by atoms with E-state index in [1.807, 2.05) is 57.2 Å². The monoisotopic (exact) mass is 539 g/mol. The third kappa shape index (κ3) is 5.64. The van der Waals surface area contributed by atoms with Crippen LogP contribution in [-0.2, 0) is 6.42 Å². The number of allylic oxidation sites excluding steroid dienone is 5. The fraction of sp³-hybridized carbons (Fsp3) is 0.242. The number of ether oxygens (including phenoxy) is 1. The summed E-state index contributed by atoms with van der Waals surface area (Å²) in [6.07, 6.45) is 11.0. The molecule has 2 aromatic carbocycles. The van der Waals surface area contributed by atoms with E-state index in [2.05, 4.69) is 15.3 Å². The number of halogens is 2. The van der Waals surface area contributed by atoms with Gasteiger partial charge in [-0.2, -0.15) is 4.39 Å². The standard InChI is InChI=1S/C33H31F2N3O2/c1-4-21-18-22(12-13-23(21)28(39)17-20(2)3)38-27-10-6-5-9-25-26(19-37-33(25)27)24-14-15-29(32(35)31(24)34)40-30-11-7-8-16-36-30/h5,7-16,18-20,25,38H,4,6,17H2,1-3H3. The number of nitrogens with zero attached hydrogens (tertiary/aromatic N) is 2. The zero-order valence-corrected chi connectivity index (χ0v) is 22.7. The summed E-state index contributed by atoms with van der Waals surface area (Å²) in [5.41, 5.74) is 4.78. The Morgan fingerprint density at radius 1 is 1.12 bits per heavy atom. The molecule has 0 amide bonds. The van der Waals surface area contributed by atoms with Gasteiger partial charge in [0.25, 0.3) is 0 Å². The van der Waals surface area contributed by atoms with E-state index in [-0.39, 0.29) is 28.9 Å². The number of aliphatic imine (C=N–C) groups is 1. The highest BCUT2D eigenvalue weighted by Crippen LogP contribution is 2.38. The van der Waals surface area contributed by atoms with Crippen molar-refractivity contribution in [1.29, 1.82) is 0 Å². The van der Waals surface area contributed by atoms with Gasteiger partial charge < -0.3 is 10.1 Å². The number of fused-ring (bicyclic) bond motifs is 1. The zero-order valence-electron chi connectivity index (χ0n) is 22.7. The van der Waals surface area contributed by atoms with Crippen LogP contribution in [0.4, 0.5) is 14.5 Å². The molecule has 5 nitrogen and oxygen atoms in total. The number of ketones is 1. The van der Waals surface area contributed by atoms with Crippen LogP contribution in [-0.4, -0.2) is 16.5 Å². The number of aryl methyl sites for hydroxylation is 1. The van der Waals surface area contributed by atoms with Crippen LogP contribution in [0.3, 0.4) is 0 Å². The van der Waals surface area contributed by atoms with Gasteiger partial charge in [-0.3, -0.25) is 9.79 Å². The minimum absolute atomic E-state index is 0.127. The third-order valence-corrected chi connectivity index (χ3v) is 6.90. The number of carbonyl (C=O) groups excluding carboxylic acids is 1. The molecule has 0 spiro atoms. The summed E-state index contributed by atoms with van der Waals surface area (Å²) in [6.45, 7) is 6.11. The van der Waals surface area contributed by atoms with Crippen LogP contribution in [0.15, 0.2) is 89.8 Å². The summed E-state index contributed by atoms with van der Waals surface area (Å²) in [5, 5.41) is 3.46. The normalized spacial score (nSPS) is 16.1. The average molecular weight is 540 g/mol. The van der Waals surface area contributed by atoms with Gasteiger partial charge in [0, 0.05) is 47.6 Å². The van der Waals surface area contributed by atoms with Crippen LogP contribution >= 0.6 is 0 Å². The van der Waals surface area contributed by atoms with Crippen molar-refractivity contribution >= 4 is 22.8 Å². The molecule has 5 rings (SSSR count). The summed E-state index contributed by atoms with van der Waals surface area (Å²) in [4.78, 5) is 21.4. The van der Waals surface area contributed by atoms with Gasteiger partial charge in [0.15, 0.2) is 17.3 Å². The Morgan fingerprint density at radius 2 is 1.98 bits per heavy atom. The molecule has 1 N–H and O–H groups in total. The molecule has 2 aliphatic rings. The van der Waals surface area contributed by atoms with Gasteiger partial charge >= 0.3 is 0 Å². The number of carbonyl (C=O) groups is 1. The average Bonchev–Trinajstić information content (AvgIpc) is 3.26. The second-order valence-corrected chi connectivity index (χ2v) is 10.2. The lowest BCUT2D eigenvalue weighted by atomic mass is 9.89. The lowest BCUT2D eigenvalue weighted by Gasteiger charge is -2.19. The first kappa shape index (κ1) is 27.2. The number of aromatic nitrogens is 1. The van der Waals surface area contributed by atoms with Gasteiger partial charge in [-0.05, 0) is 66.3 Å². The van der Waals surface area contributed by atoms with E-state index < -0.39 is 11.6 Å². The molecule has 1 aliphatic carbocycles. The molecule has 0 saturated carbocycles. The van der Waals surface area contributed by atoms with Crippen molar-refractivity contribution in [3.05, 3.63) is 113 Å². The molecular formula is C33H31F2N3O2. The first-order valence-corrected chi connectivity index (χ1v) is 13.5. The number of Topliss-reactive ketones (excluding diaryl/α,β-unsaturated/α-hetero) is 1. The molecular weight excluding hydrogens is 508 g/mol. The number of hydrogen-bond acceptors (Lipinski definition) is 5. The number of hydrogen-bond donors (Lipinski definition) is 1. The van der Waals surface area contributed by atoms with Crippen molar-refractivity contribution in [1.82, 2.24) is 4.98 Å². The van der Waals surface area contributed by atoms with Gasteiger partial charge in [-0.1, -0.05) is 45.1 Å². The third-order valence-electron chi connectivity index (χ3n) is 6.90. The van der Waals surface area contributed by atoms with Crippen LogP contribution in [0.2, 0.25) is 0 Å². The van der Waals surface area contributed by atoms with Crippen molar-refractivity contribution in [2.45, 2.75) is 40.0 Å². The molecule has 204 valence electrons. The first-order chi connectivity index (χ1) is 19.4. The molecule has 3 aromatic rings. The van der Waals surface area contributed by atoms with E-state index in [9.17, 15) is 4.79 Å². The molecule has 0 bridgehead atoms. The SMILES string of the molecule is CCc1cc(NC2=CCC=CC3C(c4ccc(Oc5ccccn5)c(F)c4F)=CN=C23)ccc1C(=O)CC(C)C. The quantitative estimate of drug-likeness (QED) is 0.219. The first-order valence-electron chi connectivity index (χ1n) is 13.5. The molecule has 0 radical (unpaired) electrons. The Morgan fingerprint density at radius 3 is 2.73 bits per heavy atom. The van der Waals surface area contributed by atoms with Gasteiger partial charge in [0.05, 0.1) is 11.4 Å². The van der Waals surface area contributed by atoms with Crippen LogP contribution in [0, 0.1) is 23.5 Å². The van der Waals surface area contributed by atoms with Crippen molar-refractivity contribution in [2.75, 3.05) is 5.32 Å². The molecule has 40 heavy (non-hydrogen) atoms. The van der Waals surface area contributed by atoms with Gasteiger partial charge in [0.1, 0.15) is 0 Å². The maximum Gasteiger partial charge on any atom is 0.219 e. The topological polar surface area (TPSA) is 63.6 Å². The lowest BCUT2D eigenvalue weighted by Crippen LogP contribution is -2.18. The highest BCUT2D eigenvalue weighted by molar-refractivity contribution is 6.14. The summed E-state index contributed by atoms with van der Waals surface area (Å²) >= 11 is 0. The maximum absolute atomic E-state index is 15.3. The van der Waals surface area contributed by atoms with Crippen LogP contribution < -0.4 is 10.1 Å². The van der Waals surface area contributed by atoms with Gasteiger partial charge in [0.2, 0.25) is 11.7 Å². The van der Waals surface area contributed by atoms with Crippen LogP contribution in [0.5, 0.6) is 11.6 Å². The lowest BCUT2D eigenvalue weighted by molar-refractivity contribution is 0.0967. The summed E-state index contributed by atoms with van der Waals surface area (Å²) in [6, 6.07) is 13.7. The summed E-state index contributed by atoms with van der Waals surface area (Å²) < 4.78 is 35.8. The maximum atomic E-state index is 15.3. The van der Waals surface area contributed by atoms with E-state index >= 15 is 8.78 Å². The Labute approximate surface area is 233 Å². The highest BCUT2D eigenvalue weighted by Gasteiger charge is 2.31. The molecule has 1 unspecified atom stereocenters.